The van der Waals surface area contributed by atoms with Crippen LogP contribution in [0.4, 0.5) is 5.69 Å². The van der Waals surface area contributed by atoms with Crippen molar-refractivity contribution in [3.05, 3.63) is 29.6 Å². The van der Waals surface area contributed by atoms with Crippen LogP contribution in [0.3, 0.4) is 0 Å². The molecule has 26 heavy (non-hydrogen) atoms. The van der Waals surface area contributed by atoms with Gasteiger partial charge in [-0.2, -0.15) is 11.8 Å². The van der Waals surface area contributed by atoms with Crippen LogP contribution in [0.15, 0.2) is 18.3 Å². The Morgan fingerprint density at radius 2 is 2.04 bits per heavy atom. The molecule has 0 aromatic carbocycles. The van der Waals surface area contributed by atoms with E-state index in [1.807, 2.05) is 6.07 Å². The Balaban J connectivity index is 1.26. The molecule has 1 aliphatic heterocycles. The second-order valence-corrected chi connectivity index (χ2v) is 9.30. The van der Waals surface area contributed by atoms with Gasteiger partial charge in [0.1, 0.15) is 0 Å². The fourth-order valence-corrected chi connectivity index (χ4v) is 6.11. The van der Waals surface area contributed by atoms with Gasteiger partial charge in [0.2, 0.25) is 0 Å². The molecule has 4 nitrogen and oxygen atoms in total. The molecule has 2 aliphatic carbocycles. The van der Waals surface area contributed by atoms with Crippen molar-refractivity contribution in [2.45, 2.75) is 44.6 Å². The number of fused-ring (bicyclic) bond motifs is 1. The molecule has 1 saturated carbocycles. The first-order valence-corrected chi connectivity index (χ1v) is 11.3. The van der Waals surface area contributed by atoms with E-state index in [2.05, 4.69) is 27.7 Å². The van der Waals surface area contributed by atoms with Crippen LogP contribution in [0, 0.1) is 11.8 Å². The maximum Gasteiger partial charge on any atom is 0.0727 e. The van der Waals surface area contributed by atoms with Gasteiger partial charge in [-0.05, 0) is 48.3 Å². The topological polar surface area (TPSA) is 62.4 Å². The molecule has 1 saturated heterocycles. The first kappa shape index (κ1) is 18.3. The summed E-state index contributed by atoms with van der Waals surface area (Å²) >= 11 is 2.07. The standard InChI is InChI=1S/C21H31N3OS/c22-19-8-9-23-21-16(6-7-18(19)21)10-24-11-17(20(25)12-24)14-26-13-15-4-2-1-3-5-15/h6,8-9,15,17,20,25H,1-5,7,10-14H2,(H2,22,23)/t17-,20?/m1/s1. The lowest BCUT2D eigenvalue weighted by Crippen LogP contribution is -2.24. The highest BCUT2D eigenvalue weighted by Crippen LogP contribution is 2.32. The zero-order valence-electron chi connectivity index (χ0n) is 15.6. The minimum absolute atomic E-state index is 0.191. The quantitative estimate of drug-likeness (QED) is 0.802. The van der Waals surface area contributed by atoms with E-state index in [1.165, 1.54) is 49.0 Å². The number of nitrogens with zero attached hydrogens (tertiary/aromatic N) is 2. The molecule has 142 valence electrons. The Morgan fingerprint density at radius 3 is 2.88 bits per heavy atom. The number of β-amino-alcohol motifs (C(OH)–C–C–N with tert-alkyl or cyclic N) is 1. The molecule has 4 rings (SSSR count). The number of pyridine rings is 1. The predicted molar refractivity (Wildman–Crippen MR) is 110 cm³/mol. The number of allylic oxidation sites excluding steroid dienone is 1. The molecule has 2 heterocycles. The normalized spacial score (nSPS) is 26.9. The van der Waals surface area contributed by atoms with E-state index in [1.54, 1.807) is 6.20 Å². The molecule has 2 fully saturated rings. The maximum absolute atomic E-state index is 10.5. The number of anilines is 1. The number of likely N-dealkylation sites (tertiary alicyclic amines) is 1. The summed E-state index contributed by atoms with van der Waals surface area (Å²) < 4.78 is 0. The number of aromatic nitrogens is 1. The predicted octanol–water partition coefficient (Wildman–Crippen LogP) is 3.21. The van der Waals surface area contributed by atoms with Crippen LogP contribution in [0.5, 0.6) is 0 Å². The minimum atomic E-state index is -0.191. The lowest BCUT2D eigenvalue weighted by atomic mass is 9.91. The largest absolute Gasteiger partial charge is 0.398 e. The van der Waals surface area contributed by atoms with Crippen LogP contribution in [0.2, 0.25) is 0 Å². The van der Waals surface area contributed by atoms with Crippen molar-refractivity contribution in [3.63, 3.8) is 0 Å². The van der Waals surface area contributed by atoms with Gasteiger partial charge in [-0.1, -0.05) is 25.3 Å². The zero-order valence-corrected chi connectivity index (χ0v) is 16.4. The van der Waals surface area contributed by atoms with Crippen LogP contribution in [0.25, 0.3) is 5.57 Å². The highest BCUT2D eigenvalue weighted by atomic mass is 32.2. The van der Waals surface area contributed by atoms with Gasteiger partial charge in [0.15, 0.2) is 0 Å². The summed E-state index contributed by atoms with van der Waals surface area (Å²) in [4.78, 5) is 6.93. The third-order valence-electron chi connectivity index (χ3n) is 6.24. The summed E-state index contributed by atoms with van der Waals surface area (Å²) in [5, 5.41) is 10.5. The van der Waals surface area contributed by atoms with Crippen LogP contribution in [-0.2, 0) is 6.42 Å². The average Bonchev–Trinajstić information content (AvgIpc) is 3.21. The smallest absolute Gasteiger partial charge is 0.0727 e. The van der Waals surface area contributed by atoms with Crippen LogP contribution in [-0.4, -0.2) is 52.2 Å². The van der Waals surface area contributed by atoms with Gasteiger partial charge < -0.3 is 10.8 Å². The number of aliphatic hydroxyl groups excluding tert-OH is 1. The van der Waals surface area contributed by atoms with Gasteiger partial charge in [0, 0.05) is 43.0 Å². The zero-order chi connectivity index (χ0) is 17.9. The SMILES string of the molecule is Nc1ccnc2c1CC=C2CN1CC(O)[C@@H](CSCC2CCCCC2)C1. The van der Waals surface area contributed by atoms with Gasteiger partial charge in [-0.3, -0.25) is 9.88 Å². The Kier molecular flexibility index (Phi) is 5.87. The first-order chi connectivity index (χ1) is 12.7. The van der Waals surface area contributed by atoms with Crippen molar-refractivity contribution >= 4 is 23.0 Å². The molecule has 1 aromatic heterocycles. The van der Waals surface area contributed by atoms with E-state index in [-0.39, 0.29) is 6.10 Å². The van der Waals surface area contributed by atoms with Crippen molar-refractivity contribution in [3.8, 4) is 0 Å². The lowest BCUT2D eigenvalue weighted by molar-refractivity contribution is 0.151. The van der Waals surface area contributed by atoms with Crippen molar-refractivity contribution in [1.82, 2.24) is 9.88 Å². The Hall–Kier alpha value is -1.04. The molecular weight excluding hydrogens is 342 g/mol. The summed E-state index contributed by atoms with van der Waals surface area (Å²) in [6, 6.07) is 1.88. The first-order valence-electron chi connectivity index (χ1n) is 10.1. The Labute approximate surface area is 161 Å². The minimum Gasteiger partial charge on any atom is -0.398 e. The molecule has 3 aliphatic rings. The van der Waals surface area contributed by atoms with E-state index < -0.39 is 0 Å². The van der Waals surface area contributed by atoms with Crippen molar-refractivity contribution in [1.29, 1.82) is 0 Å². The molecule has 0 amide bonds. The molecule has 1 aromatic rings. The van der Waals surface area contributed by atoms with Gasteiger partial charge in [-0.25, -0.2) is 0 Å². The fraction of sp³-hybridized carbons (Fsp3) is 0.667. The fourth-order valence-electron chi connectivity index (χ4n) is 4.68. The highest BCUT2D eigenvalue weighted by molar-refractivity contribution is 7.99. The van der Waals surface area contributed by atoms with Gasteiger partial charge in [0.25, 0.3) is 0 Å². The monoisotopic (exact) mass is 373 g/mol. The lowest BCUT2D eigenvalue weighted by Gasteiger charge is -2.22. The van der Waals surface area contributed by atoms with E-state index >= 15 is 0 Å². The number of hydrogen-bond donors (Lipinski definition) is 2. The van der Waals surface area contributed by atoms with E-state index in [9.17, 15) is 5.11 Å². The Bertz CT molecular complexity index is 657. The summed E-state index contributed by atoms with van der Waals surface area (Å²) in [6.45, 7) is 2.65. The van der Waals surface area contributed by atoms with E-state index in [4.69, 9.17) is 5.73 Å². The number of nitrogens with two attached hydrogens (primary N) is 1. The number of aliphatic hydroxyl groups is 1. The summed E-state index contributed by atoms with van der Waals surface area (Å²) in [6.07, 6.45) is 11.8. The second kappa shape index (κ2) is 8.32. The van der Waals surface area contributed by atoms with Crippen LogP contribution >= 0.6 is 11.8 Å². The van der Waals surface area contributed by atoms with Crippen LogP contribution in [0.1, 0.15) is 43.4 Å². The van der Waals surface area contributed by atoms with E-state index in [0.717, 1.165) is 49.1 Å². The highest BCUT2D eigenvalue weighted by Gasteiger charge is 2.32. The van der Waals surface area contributed by atoms with Gasteiger partial charge in [0.05, 0.1) is 11.8 Å². The van der Waals surface area contributed by atoms with Crippen molar-refractivity contribution in [2.24, 2.45) is 11.8 Å². The number of hydrogen-bond acceptors (Lipinski definition) is 5. The van der Waals surface area contributed by atoms with Crippen molar-refractivity contribution in [2.75, 3.05) is 36.9 Å². The molecule has 0 bridgehead atoms. The molecular formula is C21H31N3OS. The third kappa shape index (κ3) is 4.10. The summed E-state index contributed by atoms with van der Waals surface area (Å²) in [5.41, 5.74) is 10.4. The Morgan fingerprint density at radius 1 is 1.19 bits per heavy atom. The van der Waals surface area contributed by atoms with Gasteiger partial charge >= 0.3 is 0 Å². The second-order valence-electron chi connectivity index (χ2n) is 8.22. The summed E-state index contributed by atoms with van der Waals surface area (Å²) in [7, 11) is 0. The average molecular weight is 374 g/mol. The molecule has 0 spiro atoms. The molecule has 2 atom stereocenters. The number of rotatable bonds is 6. The van der Waals surface area contributed by atoms with E-state index in [0.29, 0.717) is 5.92 Å². The van der Waals surface area contributed by atoms with Crippen molar-refractivity contribution < 1.29 is 5.11 Å². The molecule has 1 unspecified atom stereocenters. The molecule has 5 heteroatoms. The maximum atomic E-state index is 10.5. The van der Waals surface area contributed by atoms with Crippen LogP contribution < -0.4 is 5.73 Å². The summed E-state index contributed by atoms with van der Waals surface area (Å²) in [5.74, 6) is 3.69. The number of thioether (sulfide) groups is 1. The third-order valence-corrected chi connectivity index (χ3v) is 7.61. The molecule has 3 N–H and O–H groups in total. The van der Waals surface area contributed by atoms with Gasteiger partial charge in [-0.15, -0.1) is 0 Å². The molecule has 0 radical (unpaired) electrons. The number of nitrogen functional groups attached to an aromatic ring is 1.